The summed E-state index contributed by atoms with van der Waals surface area (Å²) in [5.41, 5.74) is 1.85. The zero-order valence-corrected chi connectivity index (χ0v) is 20.4. The van der Waals surface area contributed by atoms with E-state index in [4.69, 9.17) is 14.6 Å². The molecule has 32 heavy (non-hydrogen) atoms. The van der Waals surface area contributed by atoms with Crippen LogP contribution in [0.2, 0.25) is 0 Å². The molecule has 0 bridgehead atoms. The van der Waals surface area contributed by atoms with Crippen LogP contribution in [0.4, 0.5) is 5.13 Å². The van der Waals surface area contributed by atoms with Gasteiger partial charge < -0.3 is 14.8 Å². The van der Waals surface area contributed by atoms with Gasteiger partial charge in [-0.15, -0.1) is 21.5 Å². The van der Waals surface area contributed by atoms with Crippen molar-refractivity contribution in [2.45, 2.75) is 23.7 Å². The minimum Gasteiger partial charge on any atom is -0.493 e. The average Bonchev–Trinajstić information content (AvgIpc) is 3.58. The molecule has 3 aromatic rings. The standard InChI is InChI=1S/C21H23N5O3S3/c1-4-22-20-23-24-21(32-20)31-12-19(27)26-15(11-14(25-26)18-6-5-9-30-18)13-7-8-16(28-2)17(10-13)29-3/h5-10,15H,4,11-12H2,1-3H3,(H,22,23). The number of hydrogen-bond donors (Lipinski definition) is 1. The van der Waals surface area contributed by atoms with E-state index in [1.165, 1.54) is 23.1 Å². The number of hydrazone groups is 1. The molecule has 4 rings (SSSR count). The number of carbonyl (C=O) groups is 1. The zero-order valence-electron chi connectivity index (χ0n) is 17.9. The molecule has 1 atom stereocenters. The van der Waals surface area contributed by atoms with Gasteiger partial charge in [-0.1, -0.05) is 35.2 Å². The molecule has 0 saturated heterocycles. The summed E-state index contributed by atoms with van der Waals surface area (Å²) in [5, 5.41) is 20.4. The number of nitrogens with zero attached hydrogens (tertiary/aromatic N) is 4. The Labute approximate surface area is 198 Å². The van der Waals surface area contributed by atoms with Crippen LogP contribution in [0.3, 0.4) is 0 Å². The third-order valence-corrected chi connectivity index (χ3v) is 7.74. The summed E-state index contributed by atoms with van der Waals surface area (Å²) in [6.07, 6.45) is 0.635. The molecule has 168 valence electrons. The first-order valence-corrected chi connectivity index (χ1v) is 12.7. The van der Waals surface area contributed by atoms with Crippen molar-refractivity contribution in [3.05, 3.63) is 46.2 Å². The molecule has 2 aromatic heterocycles. The van der Waals surface area contributed by atoms with Crippen LogP contribution in [-0.4, -0.2) is 53.3 Å². The van der Waals surface area contributed by atoms with Gasteiger partial charge in [-0.25, -0.2) is 5.01 Å². The first kappa shape index (κ1) is 22.6. The fraction of sp³-hybridized carbons (Fsp3) is 0.333. The minimum atomic E-state index is -0.216. The normalized spacial score (nSPS) is 15.5. The van der Waals surface area contributed by atoms with E-state index in [2.05, 4.69) is 15.5 Å². The summed E-state index contributed by atoms with van der Waals surface area (Å²) in [7, 11) is 3.21. The second-order valence-corrected chi connectivity index (χ2v) is 9.94. The Bertz CT molecular complexity index is 1100. The van der Waals surface area contributed by atoms with Crippen molar-refractivity contribution >= 4 is 51.2 Å². The van der Waals surface area contributed by atoms with Crippen molar-refractivity contribution in [3.8, 4) is 11.5 Å². The first-order chi connectivity index (χ1) is 15.6. The van der Waals surface area contributed by atoms with Crippen LogP contribution in [-0.2, 0) is 4.79 Å². The van der Waals surface area contributed by atoms with Gasteiger partial charge in [-0.3, -0.25) is 4.79 Å². The van der Waals surface area contributed by atoms with Crippen molar-refractivity contribution in [1.82, 2.24) is 15.2 Å². The van der Waals surface area contributed by atoms with Crippen LogP contribution < -0.4 is 14.8 Å². The number of nitrogens with one attached hydrogen (secondary N) is 1. The fourth-order valence-corrected chi connectivity index (χ4v) is 5.73. The Balaban J connectivity index is 1.56. The molecule has 11 heteroatoms. The van der Waals surface area contributed by atoms with E-state index in [9.17, 15) is 4.79 Å². The number of anilines is 1. The molecule has 0 aliphatic carbocycles. The van der Waals surface area contributed by atoms with Gasteiger partial charge in [0.05, 0.1) is 36.6 Å². The third kappa shape index (κ3) is 4.89. The summed E-state index contributed by atoms with van der Waals surface area (Å²) >= 11 is 4.44. The van der Waals surface area contributed by atoms with E-state index in [0.29, 0.717) is 17.9 Å². The van der Waals surface area contributed by atoms with Crippen molar-refractivity contribution in [1.29, 1.82) is 0 Å². The van der Waals surface area contributed by atoms with E-state index in [-0.39, 0.29) is 17.7 Å². The Hall–Kier alpha value is -2.63. The van der Waals surface area contributed by atoms with E-state index in [0.717, 1.165) is 32.2 Å². The molecule has 0 saturated carbocycles. The van der Waals surface area contributed by atoms with Gasteiger partial charge in [0.15, 0.2) is 15.8 Å². The molecule has 0 spiro atoms. The number of amides is 1. The van der Waals surface area contributed by atoms with Crippen molar-refractivity contribution in [2.24, 2.45) is 5.10 Å². The third-order valence-electron chi connectivity index (χ3n) is 4.82. The average molecular weight is 490 g/mol. The SMILES string of the molecule is CCNc1nnc(SCC(=O)N2N=C(c3cccs3)CC2c2ccc(OC)c(OC)c2)s1. The van der Waals surface area contributed by atoms with Gasteiger partial charge in [0.1, 0.15) is 0 Å². The van der Waals surface area contributed by atoms with Gasteiger partial charge in [0.2, 0.25) is 5.13 Å². The Morgan fingerprint density at radius 2 is 2.09 bits per heavy atom. The highest BCUT2D eigenvalue weighted by atomic mass is 32.2. The van der Waals surface area contributed by atoms with Gasteiger partial charge in [-0.05, 0) is 36.1 Å². The van der Waals surface area contributed by atoms with E-state index < -0.39 is 0 Å². The van der Waals surface area contributed by atoms with Crippen molar-refractivity contribution in [3.63, 3.8) is 0 Å². The van der Waals surface area contributed by atoms with Crippen LogP contribution >= 0.6 is 34.4 Å². The summed E-state index contributed by atoms with van der Waals surface area (Å²) < 4.78 is 11.6. The number of thiophene rings is 1. The molecule has 1 unspecified atom stereocenters. The molecule has 1 aliphatic heterocycles. The van der Waals surface area contributed by atoms with Crippen molar-refractivity contribution in [2.75, 3.05) is 31.8 Å². The second-order valence-electron chi connectivity index (χ2n) is 6.79. The Kier molecular flexibility index (Phi) is 7.28. The second kappa shape index (κ2) is 10.3. The maximum absolute atomic E-state index is 13.2. The lowest BCUT2D eigenvalue weighted by Gasteiger charge is -2.22. The molecular formula is C21H23N5O3S3. The first-order valence-electron chi connectivity index (χ1n) is 9.98. The molecular weight excluding hydrogens is 466 g/mol. The number of ether oxygens (including phenoxy) is 2. The minimum absolute atomic E-state index is 0.0819. The van der Waals surface area contributed by atoms with Crippen molar-refractivity contribution < 1.29 is 14.3 Å². The highest BCUT2D eigenvalue weighted by Crippen LogP contribution is 2.38. The monoisotopic (exact) mass is 489 g/mol. The van der Waals surface area contributed by atoms with Gasteiger partial charge in [0.25, 0.3) is 5.91 Å². The maximum Gasteiger partial charge on any atom is 0.253 e. The summed E-state index contributed by atoms with van der Waals surface area (Å²) in [6.45, 7) is 2.78. The quantitative estimate of drug-likeness (QED) is 0.442. The van der Waals surface area contributed by atoms with E-state index in [1.54, 1.807) is 30.6 Å². The number of thioether (sulfide) groups is 1. The van der Waals surface area contributed by atoms with Crippen LogP contribution in [0.25, 0.3) is 0 Å². The maximum atomic E-state index is 13.2. The van der Waals surface area contributed by atoms with Crippen LogP contribution in [0.5, 0.6) is 11.5 Å². The van der Waals surface area contributed by atoms with Crippen LogP contribution in [0.15, 0.2) is 45.2 Å². The summed E-state index contributed by atoms with van der Waals surface area (Å²) in [5.74, 6) is 1.42. The summed E-state index contributed by atoms with van der Waals surface area (Å²) in [4.78, 5) is 14.3. The number of methoxy groups -OCH3 is 2. The molecule has 1 aliphatic rings. The largest absolute Gasteiger partial charge is 0.493 e. The molecule has 1 N–H and O–H groups in total. The highest BCUT2D eigenvalue weighted by Gasteiger charge is 2.34. The van der Waals surface area contributed by atoms with E-state index >= 15 is 0 Å². The zero-order chi connectivity index (χ0) is 22.5. The lowest BCUT2D eigenvalue weighted by Crippen LogP contribution is -2.28. The summed E-state index contributed by atoms with van der Waals surface area (Å²) in [6, 6.07) is 9.54. The number of aromatic nitrogens is 2. The van der Waals surface area contributed by atoms with Crippen LogP contribution in [0, 0.1) is 0 Å². The topological polar surface area (TPSA) is 88.9 Å². The van der Waals surface area contributed by atoms with E-state index in [1.807, 2.05) is 42.6 Å². The molecule has 1 amide bonds. The Morgan fingerprint density at radius 3 is 2.81 bits per heavy atom. The molecule has 1 aromatic carbocycles. The van der Waals surface area contributed by atoms with Crippen LogP contribution in [0.1, 0.15) is 29.8 Å². The van der Waals surface area contributed by atoms with Gasteiger partial charge >= 0.3 is 0 Å². The molecule has 8 nitrogen and oxygen atoms in total. The molecule has 0 fully saturated rings. The smallest absolute Gasteiger partial charge is 0.253 e. The lowest BCUT2D eigenvalue weighted by atomic mass is 10.0. The lowest BCUT2D eigenvalue weighted by molar-refractivity contribution is -0.130. The van der Waals surface area contributed by atoms with Gasteiger partial charge in [0, 0.05) is 13.0 Å². The number of benzene rings is 1. The fourth-order valence-electron chi connectivity index (χ4n) is 3.33. The highest BCUT2D eigenvalue weighted by molar-refractivity contribution is 8.01. The predicted molar refractivity (Wildman–Crippen MR) is 129 cm³/mol. The number of hydrogen-bond acceptors (Lipinski definition) is 10. The number of rotatable bonds is 9. The molecule has 0 radical (unpaired) electrons. The molecule has 3 heterocycles. The predicted octanol–water partition coefficient (Wildman–Crippen LogP) is 4.52. The van der Waals surface area contributed by atoms with Gasteiger partial charge in [-0.2, -0.15) is 5.10 Å². The Morgan fingerprint density at radius 1 is 1.25 bits per heavy atom. The number of carbonyl (C=O) groups excluding carboxylic acids is 1.